The first-order chi connectivity index (χ1) is 13.1. The molecule has 1 amide bonds. The molecule has 2 saturated carbocycles. The van der Waals surface area contributed by atoms with Gasteiger partial charge in [0.1, 0.15) is 0 Å². The molecule has 0 spiro atoms. The summed E-state index contributed by atoms with van der Waals surface area (Å²) in [5.74, 6) is 0.493. The summed E-state index contributed by atoms with van der Waals surface area (Å²) in [4.78, 5) is 12.1. The SMILES string of the molecule is CC1(C)CC2CC(C)(C(N)=O)CC(c3ccccc3)(C2)C1.CC1CCCCN1. The lowest BCUT2D eigenvalue weighted by Crippen LogP contribution is -2.52. The van der Waals surface area contributed by atoms with Crippen LogP contribution in [0.1, 0.15) is 84.6 Å². The largest absolute Gasteiger partial charge is 0.369 e. The summed E-state index contributed by atoms with van der Waals surface area (Å²) >= 11 is 0. The number of hydrogen-bond acceptors (Lipinski definition) is 2. The summed E-state index contributed by atoms with van der Waals surface area (Å²) in [5.41, 5.74) is 7.28. The summed E-state index contributed by atoms with van der Waals surface area (Å²) in [7, 11) is 0. The summed E-state index contributed by atoms with van der Waals surface area (Å²) < 4.78 is 0. The van der Waals surface area contributed by atoms with Gasteiger partial charge in [-0.3, -0.25) is 4.79 Å². The van der Waals surface area contributed by atoms with Gasteiger partial charge in [0.25, 0.3) is 0 Å². The smallest absolute Gasteiger partial charge is 0.223 e. The van der Waals surface area contributed by atoms with E-state index >= 15 is 0 Å². The third-order valence-electron chi connectivity index (χ3n) is 7.34. The number of carbonyl (C=O) groups is 1. The minimum atomic E-state index is -0.352. The van der Waals surface area contributed by atoms with Crippen molar-refractivity contribution in [3.05, 3.63) is 35.9 Å². The van der Waals surface area contributed by atoms with Gasteiger partial charge in [0, 0.05) is 11.5 Å². The molecule has 3 aliphatic rings. The van der Waals surface area contributed by atoms with Crippen LogP contribution in [0.3, 0.4) is 0 Å². The first-order valence-electron chi connectivity index (χ1n) is 11.2. The van der Waals surface area contributed by atoms with E-state index in [1.807, 2.05) is 0 Å². The number of benzene rings is 1. The third kappa shape index (κ3) is 4.79. The molecule has 1 aromatic carbocycles. The van der Waals surface area contributed by atoms with E-state index in [-0.39, 0.29) is 16.7 Å². The van der Waals surface area contributed by atoms with Gasteiger partial charge in [-0.1, -0.05) is 57.5 Å². The first kappa shape index (κ1) is 21.4. The van der Waals surface area contributed by atoms with Gasteiger partial charge in [-0.15, -0.1) is 0 Å². The highest BCUT2D eigenvalue weighted by Gasteiger charge is 2.54. The van der Waals surface area contributed by atoms with Gasteiger partial charge in [-0.25, -0.2) is 0 Å². The molecule has 1 heterocycles. The monoisotopic (exact) mass is 384 g/mol. The maximum absolute atomic E-state index is 12.1. The minimum Gasteiger partial charge on any atom is -0.369 e. The van der Waals surface area contributed by atoms with Crippen LogP contribution >= 0.6 is 0 Å². The molecule has 1 aliphatic heterocycles. The van der Waals surface area contributed by atoms with Gasteiger partial charge in [0.15, 0.2) is 0 Å². The molecule has 4 unspecified atom stereocenters. The Morgan fingerprint density at radius 2 is 1.75 bits per heavy atom. The van der Waals surface area contributed by atoms with E-state index in [0.29, 0.717) is 11.3 Å². The Kier molecular flexibility index (Phi) is 6.24. The Morgan fingerprint density at radius 1 is 1.04 bits per heavy atom. The zero-order valence-corrected chi connectivity index (χ0v) is 18.4. The quantitative estimate of drug-likeness (QED) is 0.738. The van der Waals surface area contributed by atoms with E-state index in [1.54, 1.807) is 0 Å². The van der Waals surface area contributed by atoms with Crippen LogP contribution in [0.2, 0.25) is 0 Å². The van der Waals surface area contributed by atoms with Crippen molar-refractivity contribution >= 4 is 5.91 Å². The van der Waals surface area contributed by atoms with E-state index in [1.165, 1.54) is 44.2 Å². The van der Waals surface area contributed by atoms with Crippen LogP contribution in [-0.2, 0) is 10.2 Å². The number of amides is 1. The van der Waals surface area contributed by atoms with Crippen LogP contribution in [0.4, 0.5) is 0 Å². The van der Waals surface area contributed by atoms with E-state index in [0.717, 1.165) is 25.3 Å². The standard InChI is InChI=1S/C19H27NO.C6H13N/c1-17(2)9-14-10-18(3,16(20)21)13-19(11-14,12-17)15-7-5-4-6-8-15;1-6-4-2-3-5-7-6/h4-8,14H,9-13H2,1-3H3,(H2,20,21);6-7H,2-5H2,1H3. The van der Waals surface area contributed by atoms with E-state index in [4.69, 9.17) is 5.73 Å². The number of hydrogen-bond donors (Lipinski definition) is 2. The Bertz CT molecular complexity index is 664. The van der Waals surface area contributed by atoms with Crippen molar-refractivity contribution in [3.8, 4) is 0 Å². The Morgan fingerprint density at radius 3 is 2.29 bits per heavy atom. The lowest BCUT2D eigenvalue weighted by atomic mass is 9.47. The van der Waals surface area contributed by atoms with Crippen molar-refractivity contribution < 1.29 is 4.79 Å². The van der Waals surface area contributed by atoms with Crippen molar-refractivity contribution in [2.45, 2.75) is 90.5 Å². The molecule has 4 atom stereocenters. The predicted molar refractivity (Wildman–Crippen MR) is 117 cm³/mol. The lowest BCUT2D eigenvalue weighted by Gasteiger charge is -2.56. The fraction of sp³-hybridized carbons (Fsp3) is 0.720. The van der Waals surface area contributed by atoms with E-state index in [2.05, 4.69) is 63.3 Å². The second-order valence-electron chi connectivity index (χ2n) is 10.9. The maximum Gasteiger partial charge on any atom is 0.223 e. The van der Waals surface area contributed by atoms with Crippen molar-refractivity contribution in [1.82, 2.24) is 5.32 Å². The summed E-state index contributed by atoms with van der Waals surface area (Å²) in [6.45, 7) is 10.3. The summed E-state index contributed by atoms with van der Waals surface area (Å²) in [6, 6.07) is 11.6. The molecule has 156 valence electrons. The highest BCUT2D eigenvalue weighted by Crippen LogP contribution is 2.60. The fourth-order valence-corrected chi connectivity index (χ4v) is 6.53. The van der Waals surface area contributed by atoms with Crippen LogP contribution in [0.15, 0.2) is 30.3 Å². The van der Waals surface area contributed by atoms with Crippen molar-refractivity contribution in [2.75, 3.05) is 6.54 Å². The molecule has 1 aromatic rings. The normalized spacial score (nSPS) is 36.7. The van der Waals surface area contributed by atoms with Gasteiger partial charge in [-0.05, 0) is 80.7 Å². The van der Waals surface area contributed by atoms with E-state index < -0.39 is 0 Å². The highest BCUT2D eigenvalue weighted by molar-refractivity contribution is 5.80. The van der Waals surface area contributed by atoms with E-state index in [9.17, 15) is 4.79 Å². The molecule has 2 bridgehead atoms. The van der Waals surface area contributed by atoms with Crippen LogP contribution in [0.5, 0.6) is 0 Å². The number of rotatable bonds is 2. The highest BCUT2D eigenvalue weighted by atomic mass is 16.1. The van der Waals surface area contributed by atoms with Crippen LogP contribution < -0.4 is 11.1 Å². The maximum atomic E-state index is 12.1. The average molecular weight is 385 g/mol. The van der Waals surface area contributed by atoms with Crippen LogP contribution in [0, 0.1) is 16.7 Å². The van der Waals surface area contributed by atoms with Gasteiger partial charge >= 0.3 is 0 Å². The Hall–Kier alpha value is -1.35. The molecule has 0 aromatic heterocycles. The van der Waals surface area contributed by atoms with Crippen molar-refractivity contribution in [2.24, 2.45) is 22.5 Å². The molecule has 4 rings (SSSR count). The van der Waals surface area contributed by atoms with Gasteiger partial charge in [-0.2, -0.15) is 0 Å². The van der Waals surface area contributed by atoms with Crippen molar-refractivity contribution in [1.29, 1.82) is 0 Å². The van der Waals surface area contributed by atoms with Gasteiger partial charge in [0.05, 0.1) is 0 Å². The van der Waals surface area contributed by atoms with Gasteiger partial charge in [0.2, 0.25) is 5.91 Å². The average Bonchev–Trinajstić information content (AvgIpc) is 2.61. The number of fused-ring (bicyclic) bond motifs is 2. The molecule has 1 saturated heterocycles. The number of piperidine rings is 1. The first-order valence-corrected chi connectivity index (χ1v) is 11.2. The second kappa shape index (κ2) is 8.18. The summed E-state index contributed by atoms with van der Waals surface area (Å²) in [5, 5.41) is 3.38. The van der Waals surface area contributed by atoms with Crippen molar-refractivity contribution in [3.63, 3.8) is 0 Å². The number of primary amides is 1. The number of carbonyl (C=O) groups excluding carboxylic acids is 1. The third-order valence-corrected chi connectivity index (χ3v) is 7.34. The Labute approximate surface area is 171 Å². The molecule has 3 nitrogen and oxygen atoms in total. The Balaban J connectivity index is 0.000000271. The minimum absolute atomic E-state index is 0.118. The molecule has 0 radical (unpaired) electrons. The molecular weight excluding hydrogens is 344 g/mol. The topological polar surface area (TPSA) is 55.1 Å². The number of nitrogens with two attached hydrogens (primary N) is 1. The van der Waals surface area contributed by atoms with Gasteiger partial charge < -0.3 is 11.1 Å². The molecular formula is C25H40N2O. The molecule has 28 heavy (non-hydrogen) atoms. The summed E-state index contributed by atoms with van der Waals surface area (Å²) in [6.07, 6.45) is 9.62. The molecule has 3 fully saturated rings. The number of nitrogens with one attached hydrogen (secondary N) is 1. The fourth-order valence-electron chi connectivity index (χ4n) is 6.53. The van der Waals surface area contributed by atoms with Crippen LogP contribution in [0.25, 0.3) is 0 Å². The molecule has 2 aliphatic carbocycles. The molecule has 3 N–H and O–H groups in total. The predicted octanol–water partition coefficient (Wildman–Crippen LogP) is 5.18. The lowest BCUT2D eigenvalue weighted by molar-refractivity contribution is -0.134. The zero-order chi connectivity index (χ0) is 20.4. The second-order valence-corrected chi connectivity index (χ2v) is 10.9. The van der Waals surface area contributed by atoms with Crippen LogP contribution in [-0.4, -0.2) is 18.5 Å². The zero-order valence-electron chi connectivity index (χ0n) is 18.4. The molecule has 3 heteroatoms.